The molecule has 0 spiro atoms. The summed E-state index contributed by atoms with van der Waals surface area (Å²) in [4.78, 5) is 12.6. The van der Waals surface area contributed by atoms with Crippen LogP contribution in [0.1, 0.15) is 17.5 Å². The molecule has 0 radical (unpaired) electrons. The number of ether oxygens (including phenoxy) is 1. The Bertz CT molecular complexity index is 695. The fraction of sp³-hybridized carbons (Fsp3) is 0.333. The lowest BCUT2D eigenvalue weighted by Gasteiger charge is -2.23. The van der Waals surface area contributed by atoms with Crippen molar-refractivity contribution in [2.24, 2.45) is 12.8 Å². The second kappa shape index (κ2) is 4.89. The van der Waals surface area contributed by atoms with Crippen LogP contribution in [0.3, 0.4) is 0 Å². The number of nitrogens with one attached hydrogen (secondary N) is 1. The molecular formula is C15H18N4O2. The third-order valence-electron chi connectivity index (χ3n) is 3.96. The van der Waals surface area contributed by atoms with Crippen LogP contribution in [0.4, 0.5) is 5.82 Å². The highest BCUT2D eigenvalue weighted by Crippen LogP contribution is 2.40. The van der Waals surface area contributed by atoms with Crippen molar-refractivity contribution in [3.8, 4) is 5.75 Å². The molecule has 6 heteroatoms. The third kappa shape index (κ3) is 2.17. The molecular weight excluding hydrogens is 268 g/mol. The van der Waals surface area contributed by atoms with Crippen molar-refractivity contribution in [2.75, 3.05) is 12.4 Å². The fourth-order valence-electron chi connectivity index (χ4n) is 2.83. The summed E-state index contributed by atoms with van der Waals surface area (Å²) in [6, 6.07) is 7.38. The maximum atomic E-state index is 12.6. The van der Waals surface area contributed by atoms with Gasteiger partial charge in [0.05, 0.1) is 7.11 Å². The molecule has 1 atom stereocenters. The van der Waals surface area contributed by atoms with E-state index in [1.165, 1.54) is 0 Å². The predicted molar refractivity (Wildman–Crippen MR) is 79.0 cm³/mol. The Labute approximate surface area is 122 Å². The smallest absolute Gasteiger partial charge is 0.250 e. The van der Waals surface area contributed by atoms with Crippen LogP contribution in [0.15, 0.2) is 30.5 Å². The molecule has 1 heterocycles. The number of hydrogen-bond donors (Lipinski definition) is 2. The topological polar surface area (TPSA) is 82.2 Å². The van der Waals surface area contributed by atoms with E-state index in [0.29, 0.717) is 12.2 Å². The summed E-state index contributed by atoms with van der Waals surface area (Å²) in [5.41, 5.74) is 7.19. The minimum atomic E-state index is -1.04. The van der Waals surface area contributed by atoms with Gasteiger partial charge in [-0.15, -0.1) is 0 Å². The van der Waals surface area contributed by atoms with Crippen molar-refractivity contribution < 1.29 is 9.53 Å². The molecule has 21 heavy (non-hydrogen) atoms. The van der Waals surface area contributed by atoms with Gasteiger partial charge in [-0.25, -0.2) is 0 Å². The number of nitrogens with zero attached hydrogens (tertiary/aromatic N) is 2. The first-order valence-corrected chi connectivity index (χ1v) is 6.81. The zero-order valence-electron chi connectivity index (χ0n) is 12.1. The fourth-order valence-corrected chi connectivity index (χ4v) is 2.83. The quantitative estimate of drug-likeness (QED) is 0.887. The second-order valence-electron chi connectivity index (χ2n) is 5.29. The zero-order valence-corrected chi connectivity index (χ0v) is 12.1. The average Bonchev–Trinajstić information content (AvgIpc) is 3.04. The summed E-state index contributed by atoms with van der Waals surface area (Å²) >= 11 is 0. The van der Waals surface area contributed by atoms with Gasteiger partial charge in [0.15, 0.2) is 5.82 Å². The molecule has 1 amide bonds. The number of nitrogens with two attached hydrogens (primary N) is 1. The van der Waals surface area contributed by atoms with Gasteiger partial charge in [-0.05, 0) is 30.0 Å². The van der Waals surface area contributed by atoms with E-state index < -0.39 is 5.54 Å². The summed E-state index contributed by atoms with van der Waals surface area (Å²) in [6.07, 6.45) is 3.05. The first-order valence-electron chi connectivity index (χ1n) is 6.81. The van der Waals surface area contributed by atoms with E-state index >= 15 is 0 Å². The number of carbonyl (C=O) groups is 1. The van der Waals surface area contributed by atoms with Gasteiger partial charge in [0.1, 0.15) is 11.3 Å². The molecule has 1 aromatic heterocycles. The van der Waals surface area contributed by atoms with E-state index in [1.807, 2.05) is 18.2 Å². The molecule has 1 aliphatic carbocycles. The van der Waals surface area contributed by atoms with Crippen molar-refractivity contribution in [3.05, 3.63) is 41.6 Å². The Hall–Kier alpha value is -2.34. The number of methoxy groups -OCH3 is 1. The van der Waals surface area contributed by atoms with Crippen molar-refractivity contribution in [1.29, 1.82) is 0 Å². The number of aryl methyl sites for hydroxylation is 1. The van der Waals surface area contributed by atoms with E-state index in [9.17, 15) is 4.79 Å². The normalized spacial score (nSPS) is 20.1. The van der Waals surface area contributed by atoms with E-state index in [4.69, 9.17) is 10.5 Å². The Morgan fingerprint density at radius 2 is 2.29 bits per heavy atom. The molecule has 6 nitrogen and oxygen atoms in total. The van der Waals surface area contributed by atoms with Crippen molar-refractivity contribution in [2.45, 2.75) is 18.4 Å². The number of rotatable bonds is 3. The van der Waals surface area contributed by atoms with Gasteiger partial charge in [0.2, 0.25) is 5.91 Å². The average molecular weight is 286 g/mol. The number of amides is 1. The van der Waals surface area contributed by atoms with E-state index in [2.05, 4.69) is 10.4 Å². The monoisotopic (exact) mass is 286 g/mol. The molecule has 0 saturated carbocycles. The Morgan fingerprint density at radius 3 is 2.95 bits per heavy atom. The molecule has 1 aromatic carbocycles. The van der Waals surface area contributed by atoms with Gasteiger partial charge in [-0.1, -0.05) is 12.1 Å². The van der Waals surface area contributed by atoms with Crippen LogP contribution < -0.4 is 15.8 Å². The largest absolute Gasteiger partial charge is 0.496 e. The first-order chi connectivity index (χ1) is 10.0. The predicted octanol–water partition coefficient (Wildman–Crippen LogP) is 1.17. The minimum Gasteiger partial charge on any atom is -0.496 e. The van der Waals surface area contributed by atoms with Crippen molar-refractivity contribution in [1.82, 2.24) is 9.78 Å². The summed E-state index contributed by atoms with van der Waals surface area (Å²) in [7, 11) is 3.42. The molecule has 1 aliphatic rings. The van der Waals surface area contributed by atoms with Gasteiger partial charge >= 0.3 is 0 Å². The SMILES string of the molecule is COc1cccc2c1CCC2(N)C(=O)Nc1ccn(C)n1. The van der Waals surface area contributed by atoms with Crippen LogP contribution in [-0.2, 0) is 23.8 Å². The lowest BCUT2D eigenvalue weighted by Crippen LogP contribution is -2.46. The first kappa shape index (κ1) is 13.6. The van der Waals surface area contributed by atoms with Crippen LogP contribution >= 0.6 is 0 Å². The molecule has 3 N–H and O–H groups in total. The Morgan fingerprint density at radius 1 is 1.48 bits per heavy atom. The van der Waals surface area contributed by atoms with Crippen LogP contribution in [0.25, 0.3) is 0 Å². The van der Waals surface area contributed by atoms with Gasteiger partial charge in [-0.2, -0.15) is 5.10 Å². The summed E-state index contributed by atoms with van der Waals surface area (Å²) < 4.78 is 6.98. The molecule has 3 rings (SSSR count). The Balaban J connectivity index is 1.91. The van der Waals surface area contributed by atoms with Gasteiger partial charge < -0.3 is 15.8 Å². The molecule has 0 bridgehead atoms. The van der Waals surface area contributed by atoms with Crippen LogP contribution in [-0.4, -0.2) is 22.8 Å². The molecule has 110 valence electrons. The van der Waals surface area contributed by atoms with E-state index in [-0.39, 0.29) is 5.91 Å². The molecule has 1 unspecified atom stereocenters. The van der Waals surface area contributed by atoms with E-state index in [1.54, 1.807) is 31.1 Å². The number of aromatic nitrogens is 2. The highest BCUT2D eigenvalue weighted by atomic mass is 16.5. The Kier molecular flexibility index (Phi) is 3.17. The summed E-state index contributed by atoms with van der Waals surface area (Å²) in [5.74, 6) is 1.04. The zero-order chi connectivity index (χ0) is 15.0. The van der Waals surface area contributed by atoms with Gasteiger partial charge in [-0.3, -0.25) is 9.48 Å². The molecule has 0 fully saturated rings. The summed E-state index contributed by atoms with van der Waals surface area (Å²) in [5, 5.41) is 6.93. The highest BCUT2D eigenvalue weighted by molar-refractivity contribution is 5.99. The van der Waals surface area contributed by atoms with Crippen molar-refractivity contribution in [3.63, 3.8) is 0 Å². The third-order valence-corrected chi connectivity index (χ3v) is 3.96. The molecule has 2 aromatic rings. The summed E-state index contributed by atoms with van der Waals surface area (Å²) in [6.45, 7) is 0. The van der Waals surface area contributed by atoms with Crippen LogP contribution in [0, 0.1) is 0 Å². The van der Waals surface area contributed by atoms with Gasteiger partial charge in [0.25, 0.3) is 0 Å². The van der Waals surface area contributed by atoms with Gasteiger partial charge in [0, 0.05) is 19.3 Å². The van der Waals surface area contributed by atoms with Crippen LogP contribution in [0.5, 0.6) is 5.75 Å². The lowest BCUT2D eigenvalue weighted by molar-refractivity contribution is -0.121. The number of fused-ring (bicyclic) bond motifs is 1. The lowest BCUT2D eigenvalue weighted by atomic mass is 9.92. The number of anilines is 1. The molecule has 0 saturated heterocycles. The molecule has 0 aliphatic heterocycles. The number of benzene rings is 1. The maximum Gasteiger partial charge on any atom is 0.250 e. The van der Waals surface area contributed by atoms with Crippen LogP contribution in [0.2, 0.25) is 0 Å². The van der Waals surface area contributed by atoms with E-state index in [0.717, 1.165) is 23.3 Å². The highest BCUT2D eigenvalue weighted by Gasteiger charge is 2.43. The minimum absolute atomic E-state index is 0.242. The maximum absolute atomic E-state index is 12.6. The second-order valence-corrected chi connectivity index (χ2v) is 5.29. The number of carbonyl (C=O) groups excluding carboxylic acids is 1. The number of hydrogen-bond acceptors (Lipinski definition) is 4. The standard InChI is InChI=1S/C15H18N4O2/c1-19-9-7-13(18-19)17-14(20)15(16)8-6-10-11(15)4-3-5-12(10)21-2/h3-5,7,9H,6,8,16H2,1-2H3,(H,17,18,20). The van der Waals surface area contributed by atoms with Crippen molar-refractivity contribution >= 4 is 11.7 Å².